The van der Waals surface area contributed by atoms with Gasteiger partial charge in [-0.25, -0.2) is 0 Å². The first-order valence-electron chi connectivity index (χ1n) is 6.92. The van der Waals surface area contributed by atoms with Crippen molar-refractivity contribution in [2.75, 3.05) is 19.8 Å². The van der Waals surface area contributed by atoms with Crippen LogP contribution in [0, 0.1) is 5.41 Å². The molecule has 17 heavy (non-hydrogen) atoms. The summed E-state index contributed by atoms with van der Waals surface area (Å²) in [5, 5.41) is 0. The zero-order valence-corrected chi connectivity index (χ0v) is 12.8. The lowest BCUT2D eigenvalue weighted by molar-refractivity contribution is -0.0352. The van der Waals surface area contributed by atoms with E-state index in [1.54, 1.807) is 0 Å². The maximum atomic E-state index is 5.58. The van der Waals surface area contributed by atoms with E-state index in [0.717, 1.165) is 13.2 Å². The Kier molecular flexibility index (Phi) is 8.06. The van der Waals surface area contributed by atoms with E-state index in [2.05, 4.69) is 41.5 Å². The molecule has 0 rings (SSSR count). The normalized spacial score (nSPS) is 13.1. The highest BCUT2D eigenvalue weighted by Gasteiger charge is 2.09. The Hall–Kier alpha value is -0.0800. The van der Waals surface area contributed by atoms with E-state index >= 15 is 0 Å². The van der Waals surface area contributed by atoms with Crippen LogP contribution in [0.2, 0.25) is 0 Å². The predicted molar refractivity (Wildman–Crippen MR) is 74.4 cm³/mol. The summed E-state index contributed by atoms with van der Waals surface area (Å²) in [5.41, 5.74) is 0.428. The van der Waals surface area contributed by atoms with Crippen LogP contribution in [0.1, 0.15) is 67.2 Å². The minimum Gasteiger partial charge on any atom is -0.379 e. The van der Waals surface area contributed by atoms with Crippen molar-refractivity contribution < 1.29 is 9.47 Å². The van der Waals surface area contributed by atoms with E-state index in [9.17, 15) is 0 Å². The van der Waals surface area contributed by atoms with Gasteiger partial charge < -0.3 is 9.47 Å². The molecule has 0 aromatic rings. The van der Waals surface area contributed by atoms with Crippen molar-refractivity contribution in [2.24, 2.45) is 5.41 Å². The molecule has 0 unspecified atom stereocenters. The van der Waals surface area contributed by atoms with Gasteiger partial charge in [0.2, 0.25) is 0 Å². The standard InChI is InChI=1S/C15H32O2/c1-14(2,3)10-8-7-9-11-16-12-13-17-15(4,5)6/h7-13H2,1-6H3. The molecule has 0 aliphatic carbocycles. The molecule has 0 fully saturated rings. The van der Waals surface area contributed by atoms with Crippen LogP contribution in [0.3, 0.4) is 0 Å². The van der Waals surface area contributed by atoms with Gasteiger partial charge in [0.25, 0.3) is 0 Å². The molecule has 0 saturated carbocycles. The monoisotopic (exact) mass is 244 g/mol. The second-order valence-corrected chi connectivity index (χ2v) is 6.94. The summed E-state index contributed by atoms with van der Waals surface area (Å²) < 4.78 is 11.1. The largest absolute Gasteiger partial charge is 0.379 e. The second kappa shape index (κ2) is 8.10. The fraction of sp³-hybridized carbons (Fsp3) is 1.00. The topological polar surface area (TPSA) is 18.5 Å². The molecule has 0 aromatic carbocycles. The molecule has 0 amide bonds. The second-order valence-electron chi connectivity index (χ2n) is 6.94. The zero-order chi connectivity index (χ0) is 13.4. The maximum Gasteiger partial charge on any atom is 0.0707 e. The summed E-state index contributed by atoms with van der Waals surface area (Å²) >= 11 is 0. The van der Waals surface area contributed by atoms with E-state index in [1.807, 2.05) is 0 Å². The molecule has 0 aliphatic heterocycles. The Bertz CT molecular complexity index is 154. The minimum absolute atomic E-state index is 0.0456. The van der Waals surface area contributed by atoms with Crippen molar-refractivity contribution in [2.45, 2.75) is 72.8 Å². The molecule has 0 aromatic heterocycles. The molecule has 0 heterocycles. The average Bonchev–Trinajstić information content (AvgIpc) is 2.11. The molecule has 0 bridgehead atoms. The number of ether oxygens (including phenoxy) is 2. The third kappa shape index (κ3) is 15.9. The van der Waals surface area contributed by atoms with Crippen molar-refractivity contribution in [3.63, 3.8) is 0 Å². The molecule has 104 valence electrons. The highest BCUT2D eigenvalue weighted by atomic mass is 16.5. The summed E-state index contributed by atoms with van der Waals surface area (Å²) in [6.07, 6.45) is 5.06. The van der Waals surface area contributed by atoms with Crippen molar-refractivity contribution in [3.05, 3.63) is 0 Å². The fourth-order valence-electron chi connectivity index (χ4n) is 1.55. The van der Waals surface area contributed by atoms with E-state index in [0.29, 0.717) is 12.0 Å². The summed E-state index contributed by atoms with van der Waals surface area (Å²) in [6, 6.07) is 0. The highest BCUT2D eigenvalue weighted by Crippen LogP contribution is 2.21. The van der Waals surface area contributed by atoms with Crippen LogP contribution in [0.4, 0.5) is 0 Å². The van der Waals surface area contributed by atoms with Gasteiger partial charge in [0.05, 0.1) is 18.8 Å². The minimum atomic E-state index is -0.0456. The van der Waals surface area contributed by atoms with Gasteiger partial charge >= 0.3 is 0 Å². The molecule has 2 nitrogen and oxygen atoms in total. The number of hydrogen-bond donors (Lipinski definition) is 0. The molecule has 0 aliphatic rings. The maximum absolute atomic E-state index is 5.58. The summed E-state index contributed by atoms with van der Waals surface area (Å²) in [5.74, 6) is 0. The lowest BCUT2D eigenvalue weighted by Crippen LogP contribution is -2.21. The van der Waals surface area contributed by atoms with Gasteiger partial charge in [-0.3, -0.25) is 0 Å². The van der Waals surface area contributed by atoms with Gasteiger partial charge in [0.15, 0.2) is 0 Å². The van der Waals surface area contributed by atoms with Gasteiger partial charge in [-0.15, -0.1) is 0 Å². The van der Waals surface area contributed by atoms with Crippen molar-refractivity contribution in [1.29, 1.82) is 0 Å². The smallest absolute Gasteiger partial charge is 0.0707 e. The SMILES string of the molecule is CC(C)(C)CCCCCOCCOC(C)(C)C. The van der Waals surface area contributed by atoms with Gasteiger partial charge in [0, 0.05) is 6.61 Å². The Morgan fingerprint density at radius 2 is 1.35 bits per heavy atom. The Morgan fingerprint density at radius 3 is 1.88 bits per heavy atom. The summed E-state index contributed by atoms with van der Waals surface area (Å²) in [6.45, 7) is 15.4. The lowest BCUT2D eigenvalue weighted by Gasteiger charge is -2.19. The molecular formula is C15H32O2. The van der Waals surface area contributed by atoms with Crippen LogP contribution in [-0.2, 0) is 9.47 Å². The van der Waals surface area contributed by atoms with Crippen molar-refractivity contribution >= 4 is 0 Å². The third-order valence-electron chi connectivity index (χ3n) is 2.48. The van der Waals surface area contributed by atoms with E-state index in [-0.39, 0.29) is 5.60 Å². The predicted octanol–water partition coefficient (Wildman–Crippen LogP) is 4.42. The average molecular weight is 244 g/mol. The van der Waals surface area contributed by atoms with Crippen LogP contribution >= 0.6 is 0 Å². The highest BCUT2D eigenvalue weighted by molar-refractivity contribution is 4.61. The first-order chi connectivity index (χ1) is 7.71. The molecule has 0 spiro atoms. The van der Waals surface area contributed by atoms with E-state index < -0.39 is 0 Å². The molecule has 0 radical (unpaired) electrons. The van der Waals surface area contributed by atoms with E-state index in [1.165, 1.54) is 25.7 Å². The quantitative estimate of drug-likeness (QED) is 0.588. The van der Waals surface area contributed by atoms with Crippen LogP contribution in [0.15, 0.2) is 0 Å². The number of unbranched alkanes of at least 4 members (excludes halogenated alkanes) is 2. The van der Waals surface area contributed by atoms with Gasteiger partial charge in [0.1, 0.15) is 0 Å². The van der Waals surface area contributed by atoms with Crippen LogP contribution in [0.25, 0.3) is 0 Å². The Morgan fingerprint density at radius 1 is 0.706 bits per heavy atom. The molecule has 2 heteroatoms. The van der Waals surface area contributed by atoms with Gasteiger partial charge in [-0.1, -0.05) is 33.6 Å². The van der Waals surface area contributed by atoms with E-state index in [4.69, 9.17) is 9.47 Å². The van der Waals surface area contributed by atoms with Gasteiger partial charge in [-0.2, -0.15) is 0 Å². The van der Waals surface area contributed by atoms with Crippen molar-refractivity contribution in [3.8, 4) is 0 Å². The van der Waals surface area contributed by atoms with Crippen LogP contribution in [0.5, 0.6) is 0 Å². The van der Waals surface area contributed by atoms with Crippen LogP contribution < -0.4 is 0 Å². The Labute approximate surface area is 108 Å². The third-order valence-corrected chi connectivity index (χ3v) is 2.48. The first-order valence-corrected chi connectivity index (χ1v) is 6.92. The summed E-state index contributed by atoms with van der Waals surface area (Å²) in [7, 11) is 0. The van der Waals surface area contributed by atoms with Crippen LogP contribution in [-0.4, -0.2) is 25.4 Å². The summed E-state index contributed by atoms with van der Waals surface area (Å²) in [4.78, 5) is 0. The Balaban J connectivity index is 3.15. The molecule has 0 saturated heterocycles. The number of hydrogen-bond acceptors (Lipinski definition) is 2. The lowest BCUT2D eigenvalue weighted by atomic mass is 9.89. The molecular weight excluding hydrogens is 212 g/mol. The number of rotatable bonds is 8. The zero-order valence-electron chi connectivity index (χ0n) is 12.8. The van der Waals surface area contributed by atoms with Crippen molar-refractivity contribution in [1.82, 2.24) is 0 Å². The molecule has 0 atom stereocenters. The fourth-order valence-corrected chi connectivity index (χ4v) is 1.55. The molecule has 0 N–H and O–H groups in total. The first kappa shape index (κ1) is 16.9. The van der Waals surface area contributed by atoms with Gasteiger partial charge in [-0.05, 0) is 39.0 Å².